The van der Waals surface area contributed by atoms with E-state index < -0.39 is 0 Å². The lowest BCUT2D eigenvalue weighted by molar-refractivity contribution is 0.0912. The molecular formula is C13H28N2O. The highest BCUT2D eigenvalue weighted by Crippen LogP contribution is 2.35. The van der Waals surface area contributed by atoms with Gasteiger partial charge in [0.2, 0.25) is 0 Å². The summed E-state index contributed by atoms with van der Waals surface area (Å²) in [7, 11) is 4.00. The predicted octanol–water partition coefficient (Wildman–Crippen LogP) is 1.72. The number of nitrogens with zero attached hydrogens (tertiary/aromatic N) is 1. The van der Waals surface area contributed by atoms with Crippen LogP contribution < -0.4 is 5.73 Å². The van der Waals surface area contributed by atoms with Gasteiger partial charge in [-0.2, -0.15) is 0 Å². The van der Waals surface area contributed by atoms with Crippen LogP contribution in [0.4, 0.5) is 0 Å². The highest BCUT2D eigenvalue weighted by molar-refractivity contribution is 4.87. The molecule has 2 N–H and O–H groups in total. The molecule has 0 aromatic heterocycles. The standard InChI is InChI=1S/C13H28N2O/c1-10(2)12(14)7-8-15(3)13(9-16-4)11-5-6-11/h10-13H,5-9,14H2,1-4H3. The van der Waals surface area contributed by atoms with Gasteiger partial charge in [0, 0.05) is 19.2 Å². The van der Waals surface area contributed by atoms with Gasteiger partial charge >= 0.3 is 0 Å². The van der Waals surface area contributed by atoms with Crippen molar-refractivity contribution in [1.29, 1.82) is 0 Å². The maximum atomic E-state index is 6.07. The number of nitrogens with two attached hydrogens (primary N) is 1. The molecule has 16 heavy (non-hydrogen) atoms. The van der Waals surface area contributed by atoms with Gasteiger partial charge in [-0.15, -0.1) is 0 Å². The van der Waals surface area contributed by atoms with Gasteiger partial charge in [0.25, 0.3) is 0 Å². The minimum absolute atomic E-state index is 0.324. The summed E-state index contributed by atoms with van der Waals surface area (Å²) in [6.07, 6.45) is 3.82. The second kappa shape index (κ2) is 6.58. The van der Waals surface area contributed by atoms with Gasteiger partial charge in [-0.3, -0.25) is 0 Å². The van der Waals surface area contributed by atoms with Crippen LogP contribution in [0.3, 0.4) is 0 Å². The van der Waals surface area contributed by atoms with Crippen LogP contribution in [0, 0.1) is 11.8 Å². The van der Waals surface area contributed by atoms with Crippen LogP contribution in [0.25, 0.3) is 0 Å². The maximum absolute atomic E-state index is 6.07. The molecule has 0 radical (unpaired) electrons. The van der Waals surface area contributed by atoms with Crippen molar-refractivity contribution in [3.8, 4) is 0 Å². The van der Waals surface area contributed by atoms with Crippen molar-refractivity contribution in [2.24, 2.45) is 17.6 Å². The number of methoxy groups -OCH3 is 1. The summed E-state index contributed by atoms with van der Waals surface area (Å²) < 4.78 is 5.31. The minimum atomic E-state index is 0.324. The maximum Gasteiger partial charge on any atom is 0.0620 e. The molecule has 1 rings (SSSR count). The Morgan fingerprint density at radius 2 is 2.00 bits per heavy atom. The van der Waals surface area contributed by atoms with Crippen molar-refractivity contribution in [1.82, 2.24) is 4.90 Å². The highest BCUT2D eigenvalue weighted by atomic mass is 16.5. The molecule has 0 saturated heterocycles. The van der Waals surface area contributed by atoms with Gasteiger partial charge in [-0.05, 0) is 44.7 Å². The van der Waals surface area contributed by atoms with Crippen LogP contribution in [0.15, 0.2) is 0 Å². The molecule has 3 nitrogen and oxygen atoms in total. The molecular weight excluding hydrogens is 200 g/mol. The number of likely N-dealkylation sites (N-methyl/N-ethyl adjacent to an activating group) is 1. The van der Waals surface area contributed by atoms with Crippen LogP contribution >= 0.6 is 0 Å². The normalized spacial score (nSPS) is 20.4. The first-order chi connectivity index (χ1) is 7.56. The summed E-state index contributed by atoms with van der Waals surface area (Å²) in [4.78, 5) is 2.43. The van der Waals surface area contributed by atoms with Gasteiger partial charge in [-0.25, -0.2) is 0 Å². The Morgan fingerprint density at radius 1 is 1.38 bits per heavy atom. The Balaban J connectivity index is 2.28. The SMILES string of the molecule is COCC(C1CC1)N(C)CCC(N)C(C)C. The summed E-state index contributed by atoms with van der Waals surface area (Å²) in [5.41, 5.74) is 6.07. The molecule has 1 fully saturated rings. The van der Waals surface area contributed by atoms with Crippen molar-refractivity contribution in [3.05, 3.63) is 0 Å². The number of hydrogen-bond donors (Lipinski definition) is 1. The van der Waals surface area contributed by atoms with Crippen LogP contribution in [0.2, 0.25) is 0 Å². The third-order valence-electron chi connectivity index (χ3n) is 3.74. The van der Waals surface area contributed by atoms with E-state index in [4.69, 9.17) is 10.5 Å². The first kappa shape index (κ1) is 13.9. The molecule has 1 aliphatic carbocycles. The molecule has 0 aromatic rings. The van der Waals surface area contributed by atoms with E-state index in [0.717, 1.165) is 25.5 Å². The summed E-state index contributed by atoms with van der Waals surface area (Å²) >= 11 is 0. The lowest BCUT2D eigenvalue weighted by atomic mass is 10.0. The molecule has 0 heterocycles. The monoisotopic (exact) mass is 228 g/mol. The van der Waals surface area contributed by atoms with Gasteiger partial charge in [0.15, 0.2) is 0 Å². The zero-order chi connectivity index (χ0) is 12.1. The van der Waals surface area contributed by atoms with Crippen molar-refractivity contribution in [2.75, 3.05) is 27.3 Å². The molecule has 96 valence electrons. The fourth-order valence-corrected chi connectivity index (χ4v) is 2.13. The average Bonchev–Trinajstić information content (AvgIpc) is 3.05. The number of hydrogen-bond acceptors (Lipinski definition) is 3. The second-order valence-electron chi connectivity index (χ2n) is 5.54. The van der Waals surface area contributed by atoms with Crippen molar-refractivity contribution < 1.29 is 4.74 Å². The number of ether oxygens (including phenoxy) is 1. The van der Waals surface area contributed by atoms with Gasteiger partial charge < -0.3 is 15.4 Å². The molecule has 1 saturated carbocycles. The topological polar surface area (TPSA) is 38.5 Å². The third-order valence-corrected chi connectivity index (χ3v) is 3.74. The van der Waals surface area contributed by atoms with Crippen LogP contribution in [-0.2, 0) is 4.74 Å². The van der Waals surface area contributed by atoms with Gasteiger partial charge in [-0.1, -0.05) is 13.8 Å². The first-order valence-electron chi connectivity index (χ1n) is 6.51. The summed E-state index contributed by atoms with van der Waals surface area (Å²) in [5.74, 6) is 1.44. The highest BCUT2D eigenvalue weighted by Gasteiger charge is 2.33. The van der Waals surface area contributed by atoms with E-state index in [9.17, 15) is 0 Å². The molecule has 0 spiro atoms. The number of rotatable bonds is 8. The fraction of sp³-hybridized carbons (Fsp3) is 1.00. The fourth-order valence-electron chi connectivity index (χ4n) is 2.13. The van der Waals surface area contributed by atoms with Crippen molar-refractivity contribution >= 4 is 0 Å². The molecule has 0 amide bonds. The zero-order valence-electron chi connectivity index (χ0n) is 11.3. The van der Waals surface area contributed by atoms with E-state index in [0.29, 0.717) is 18.0 Å². The van der Waals surface area contributed by atoms with Crippen LogP contribution in [-0.4, -0.2) is 44.3 Å². The van der Waals surface area contributed by atoms with Gasteiger partial charge in [0.1, 0.15) is 0 Å². The van der Waals surface area contributed by atoms with E-state index in [-0.39, 0.29) is 0 Å². The average molecular weight is 228 g/mol. The Labute approximate surface area is 100 Å². The van der Waals surface area contributed by atoms with Gasteiger partial charge in [0.05, 0.1) is 6.61 Å². The smallest absolute Gasteiger partial charge is 0.0620 e. The Hall–Kier alpha value is -0.120. The van der Waals surface area contributed by atoms with E-state index in [1.807, 2.05) is 0 Å². The molecule has 0 bridgehead atoms. The molecule has 1 aliphatic rings. The van der Waals surface area contributed by atoms with E-state index in [2.05, 4.69) is 25.8 Å². The molecule has 3 heteroatoms. The van der Waals surface area contributed by atoms with E-state index in [1.54, 1.807) is 7.11 Å². The van der Waals surface area contributed by atoms with Crippen molar-refractivity contribution in [2.45, 2.75) is 45.2 Å². The first-order valence-corrected chi connectivity index (χ1v) is 6.51. The quantitative estimate of drug-likeness (QED) is 0.687. The molecule has 2 atom stereocenters. The zero-order valence-corrected chi connectivity index (χ0v) is 11.3. The summed E-state index contributed by atoms with van der Waals surface area (Å²) in [6.45, 7) is 6.33. The molecule has 2 unspecified atom stereocenters. The second-order valence-corrected chi connectivity index (χ2v) is 5.54. The van der Waals surface area contributed by atoms with E-state index in [1.165, 1.54) is 12.8 Å². The summed E-state index contributed by atoms with van der Waals surface area (Å²) in [5, 5.41) is 0. The van der Waals surface area contributed by atoms with Crippen LogP contribution in [0.5, 0.6) is 0 Å². The largest absolute Gasteiger partial charge is 0.383 e. The van der Waals surface area contributed by atoms with E-state index >= 15 is 0 Å². The minimum Gasteiger partial charge on any atom is -0.383 e. The molecule has 0 aliphatic heterocycles. The molecule has 0 aromatic carbocycles. The Morgan fingerprint density at radius 3 is 2.44 bits per heavy atom. The van der Waals surface area contributed by atoms with Crippen molar-refractivity contribution in [3.63, 3.8) is 0 Å². The lowest BCUT2D eigenvalue weighted by Crippen LogP contribution is -2.40. The predicted molar refractivity (Wildman–Crippen MR) is 68.4 cm³/mol. The third kappa shape index (κ3) is 4.40. The van der Waals surface area contributed by atoms with Crippen LogP contribution in [0.1, 0.15) is 33.1 Å². The Kier molecular flexibility index (Phi) is 5.73. The summed E-state index contributed by atoms with van der Waals surface area (Å²) in [6, 6.07) is 0.925. The lowest BCUT2D eigenvalue weighted by Gasteiger charge is -2.29. The Bertz CT molecular complexity index is 192.